The minimum absolute atomic E-state index is 0. The fraction of sp³-hybridized carbons (Fsp3) is 0. The second-order valence-corrected chi connectivity index (χ2v) is 0. The van der Waals surface area contributed by atoms with Crippen molar-refractivity contribution in [3.8, 4) is 0 Å². The van der Waals surface area contributed by atoms with Crippen molar-refractivity contribution < 1.29 is 54.6 Å². The van der Waals surface area contributed by atoms with Crippen LogP contribution in [0, 0.1) is 0 Å². The fourth-order valence-electron chi connectivity index (χ4n) is 0. The van der Waals surface area contributed by atoms with Crippen molar-refractivity contribution in [1.29, 1.82) is 0 Å². The summed E-state index contributed by atoms with van der Waals surface area (Å²) >= 11 is 0. The van der Waals surface area contributed by atoms with Gasteiger partial charge in [0, 0.05) is 0 Å². The van der Waals surface area contributed by atoms with Gasteiger partial charge in [-0.1, -0.05) is 0 Å². The average Bonchev–Trinajstić information content (AvgIpc) is 0. The summed E-state index contributed by atoms with van der Waals surface area (Å²) in [6.45, 7) is 0. The van der Waals surface area contributed by atoms with Crippen molar-refractivity contribution in [3.63, 3.8) is 0 Å². The van der Waals surface area contributed by atoms with Crippen LogP contribution in [0.5, 0.6) is 0 Å². The Kier molecular flexibility index (Phi) is 5360. The van der Waals surface area contributed by atoms with Gasteiger partial charge in [-0.05, 0) is 0 Å². The Bertz CT molecular complexity index is 8.49. The molecule has 0 aliphatic heterocycles. The van der Waals surface area contributed by atoms with E-state index >= 15 is 0 Å². The first-order chi connectivity index (χ1) is 0. The van der Waals surface area contributed by atoms with E-state index < -0.39 is 0 Å². The molecular weight excluding hydrogens is 184 g/mol. The zero-order valence-corrected chi connectivity index (χ0v) is 7.66. The van der Waals surface area contributed by atoms with Gasteiger partial charge in [-0.25, -0.2) is 0 Å². The quantitative estimate of drug-likeness (QED) is 0.421. The Labute approximate surface area is 91.4 Å². The van der Waals surface area contributed by atoms with E-state index in [0.29, 0.717) is 0 Å². The van der Waals surface area contributed by atoms with E-state index in [-0.39, 0.29) is 92.3 Å². The molecule has 0 saturated carbocycles. The van der Waals surface area contributed by atoms with E-state index in [1.807, 2.05) is 0 Å². The van der Waals surface area contributed by atoms with Crippen molar-refractivity contribution in [2.45, 2.75) is 0 Å². The van der Waals surface area contributed by atoms with Crippen LogP contribution in [0.4, 0.5) is 0 Å². The van der Waals surface area contributed by atoms with E-state index in [4.69, 9.17) is 0 Å². The molecule has 0 saturated heterocycles. The SMILES string of the molecule is [Ca+2].[OH-].[OH-].[OH-].[OH-].[OH-].[OH-].[Ti+4]. The Morgan fingerprint density at radius 3 is 0.375 bits per heavy atom. The van der Waals surface area contributed by atoms with Gasteiger partial charge in [-0.15, -0.1) is 0 Å². The fourth-order valence-corrected chi connectivity index (χ4v) is 0. The Morgan fingerprint density at radius 1 is 0.375 bits per heavy atom. The first-order valence-corrected chi connectivity index (χ1v) is 0. The first kappa shape index (κ1) is 247. The number of hydrogen-bond donors (Lipinski definition) is 0. The van der Waals surface area contributed by atoms with Gasteiger partial charge in [-0.3, -0.25) is 0 Å². The van der Waals surface area contributed by atoms with Crippen LogP contribution in [0.25, 0.3) is 0 Å². The molecule has 0 rings (SSSR count). The van der Waals surface area contributed by atoms with Crippen LogP contribution in [0.3, 0.4) is 0 Å². The van der Waals surface area contributed by atoms with Gasteiger partial charge in [0.25, 0.3) is 0 Å². The minimum atomic E-state index is 0. The minimum Gasteiger partial charge on any atom is -0.870 e. The van der Waals surface area contributed by atoms with Crippen LogP contribution in [0.1, 0.15) is 0 Å². The second kappa shape index (κ2) is 174. The Balaban J connectivity index is 0. The van der Waals surface area contributed by atoms with E-state index in [1.165, 1.54) is 0 Å². The molecular formula is H6CaO6Ti. The van der Waals surface area contributed by atoms with Gasteiger partial charge in [0.05, 0.1) is 0 Å². The molecule has 0 amide bonds. The molecule has 0 radical (unpaired) electrons. The first-order valence-electron chi connectivity index (χ1n) is 0. The molecule has 0 bridgehead atoms. The molecule has 0 spiro atoms. The Hall–Kier alpha value is 1.73. The summed E-state index contributed by atoms with van der Waals surface area (Å²) in [5, 5.41) is 0. The summed E-state index contributed by atoms with van der Waals surface area (Å²) < 4.78 is 0. The molecule has 6 N–H and O–H groups in total. The molecule has 0 atom stereocenters. The summed E-state index contributed by atoms with van der Waals surface area (Å²) in [5.41, 5.74) is 0. The third-order valence-corrected chi connectivity index (χ3v) is 0. The topological polar surface area (TPSA) is 180 Å². The van der Waals surface area contributed by atoms with Gasteiger partial charge >= 0.3 is 59.5 Å². The largest absolute Gasteiger partial charge is 4.00 e. The maximum absolute atomic E-state index is 0. The Morgan fingerprint density at radius 2 is 0.375 bits per heavy atom. The molecule has 0 aliphatic carbocycles. The molecule has 0 fully saturated rings. The summed E-state index contributed by atoms with van der Waals surface area (Å²) in [6, 6.07) is 0. The third-order valence-electron chi connectivity index (χ3n) is 0. The standard InChI is InChI=1S/Ca.6H2O.Ti/h;6*1H2;/q+2;;;;;;;+4/p-6. The third kappa shape index (κ3) is 117. The van der Waals surface area contributed by atoms with Crippen LogP contribution < -0.4 is 0 Å². The van der Waals surface area contributed by atoms with Gasteiger partial charge in [-0.2, -0.15) is 0 Å². The molecule has 0 unspecified atom stereocenters. The van der Waals surface area contributed by atoms with Gasteiger partial charge in [0.2, 0.25) is 0 Å². The molecule has 0 aromatic rings. The van der Waals surface area contributed by atoms with E-state index in [9.17, 15) is 0 Å². The molecule has 0 aromatic heterocycles. The maximum atomic E-state index is 0. The smallest absolute Gasteiger partial charge is 0.870 e. The number of rotatable bonds is 0. The van der Waals surface area contributed by atoms with Gasteiger partial charge < -0.3 is 32.9 Å². The van der Waals surface area contributed by atoms with E-state index in [0.717, 1.165) is 0 Å². The molecule has 6 nitrogen and oxygen atoms in total. The summed E-state index contributed by atoms with van der Waals surface area (Å²) in [6.07, 6.45) is 0. The van der Waals surface area contributed by atoms with Crippen LogP contribution in [0.2, 0.25) is 0 Å². The molecule has 8 heteroatoms. The summed E-state index contributed by atoms with van der Waals surface area (Å²) in [7, 11) is 0. The van der Waals surface area contributed by atoms with Crippen LogP contribution in [-0.2, 0) is 21.7 Å². The van der Waals surface area contributed by atoms with Crippen LogP contribution in [0.15, 0.2) is 0 Å². The monoisotopic (exact) mass is 190 g/mol. The predicted octanol–water partition coefficient (Wildman–Crippen LogP) is -1.44. The second-order valence-electron chi connectivity index (χ2n) is 0. The predicted molar refractivity (Wildman–Crippen MR) is 17.4 cm³/mol. The van der Waals surface area contributed by atoms with Crippen molar-refractivity contribution in [2.24, 2.45) is 0 Å². The van der Waals surface area contributed by atoms with Gasteiger partial charge in [0.15, 0.2) is 0 Å². The average molecular weight is 190 g/mol. The van der Waals surface area contributed by atoms with Crippen molar-refractivity contribution >= 4 is 37.7 Å². The summed E-state index contributed by atoms with van der Waals surface area (Å²) in [4.78, 5) is 0. The molecule has 0 aromatic carbocycles. The zero-order valence-electron chi connectivity index (χ0n) is 3.89. The number of hydrogen-bond acceptors (Lipinski definition) is 6. The molecule has 8 heavy (non-hydrogen) atoms. The van der Waals surface area contributed by atoms with E-state index in [2.05, 4.69) is 0 Å². The van der Waals surface area contributed by atoms with Gasteiger partial charge in [0.1, 0.15) is 0 Å². The maximum Gasteiger partial charge on any atom is 4.00 e. The van der Waals surface area contributed by atoms with Crippen LogP contribution in [-0.4, -0.2) is 70.6 Å². The van der Waals surface area contributed by atoms with Crippen LogP contribution >= 0.6 is 0 Å². The van der Waals surface area contributed by atoms with Crippen molar-refractivity contribution in [3.05, 3.63) is 0 Å². The normalized spacial score (nSPS) is 0. The molecule has 0 heterocycles. The van der Waals surface area contributed by atoms with E-state index in [1.54, 1.807) is 0 Å². The zero-order chi connectivity index (χ0) is 0. The van der Waals surface area contributed by atoms with Crippen molar-refractivity contribution in [2.75, 3.05) is 0 Å². The molecule has 48 valence electrons. The molecule has 0 aliphatic rings. The van der Waals surface area contributed by atoms with Crippen molar-refractivity contribution in [1.82, 2.24) is 0 Å². The summed E-state index contributed by atoms with van der Waals surface area (Å²) in [5.74, 6) is 0.